The topological polar surface area (TPSA) is 29.5 Å². The zero-order valence-electron chi connectivity index (χ0n) is 16.8. The minimum atomic E-state index is -1.82. The summed E-state index contributed by atoms with van der Waals surface area (Å²) in [6.07, 6.45) is 11.9. The summed E-state index contributed by atoms with van der Waals surface area (Å²) < 4.78 is 6.93. The van der Waals surface area contributed by atoms with E-state index in [9.17, 15) is 5.11 Å². The Balaban J connectivity index is 2.31. The lowest BCUT2D eigenvalue weighted by atomic mass is 9.62. The van der Waals surface area contributed by atoms with Crippen molar-refractivity contribution in [3.8, 4) is 0 Å². The fourth-order valence-corrected chi connectivity index (χ4v) is 5.71. The van der Waals surface area contributed by atoms with Gasteiger partial charge < -0.3 is 9.53 Å². The van der Waals surface area contributed by atoms with Crippen molar-refractivity contribution < 1.29 is 9.53 Å². The smallest absolute Gasteiger partial charge is 0.192 e. The normalized spacial score (nSPS) is 37.7. The highest BCUT2D eigenvalue weighted by atomic mass is 28.4. The molecule has 0 amide bonds. The molecule has 0 radical (unpaired) electrons. The van der Waals surface area contributed by atoms with Crippen LogP contribution in [0.1, 0.15) is 47.5 Å². The summed E-state index contributed by atoms with van der Waals surface area (Å²) in [5.41, 5.74) is 0. The summed E-state index contributed by atoms with van der Waals surface area (Å²) >= 11 is 0. The highest BCUT2D eigenvalue weighted by Gasteiger charge is 2.48. The van der Waals surface area contributed by atoms with Gasteiger partial charge in [-0.3, -0.25) is 0 Å². The average Bonchev–Trinajstić information content (AvgIpc) is 2.46. The summed E-state index contributed by atoms with van der Waals surface area (Å²) in [6.45, 7) is 16.3. The SMILES string of the molecule is C/C=C\[C@@H]1C[C@H](O[Si](C)(C)C(C)(C)C)[C@@H]2[C@@H](CO)[C@@H](C)C=C[C@H]2C1. The Morgan fingerprint density at radius 1 is 1.21 bits per heavy atom. The summed E-state index contributed by atoms with van der Waals surface area (Å²) in [6, 6.07) is 0. The quantitative estimate of drug-likeness (QED) is 0.542. The number of rotatable bonds is 4. The van der Waals surface area contributed by atoms with Crippen LogP contribution >= 0.6 is 0 Å². The van der Waals surface area contributed by atoms with E-state index in [1.165, 1.54) is 6.42 Å². The molecular weight excluding hydrogens is 312 g/mol. The first-order valence-corrected chi connectivity index (χ1v) is 12.6. The van der Waals surface area contributed by atoms with Crippen LogP contribution in [-0.4, -0.2) is 26.1 Å². The Hall–Kier alpha value is -0.383. The molecule has 138 valence electrons. The van der Waals surface area contributed by atoms with Crippen molar-refractivity contribution in [3.63, 3.8) is 0 Å². The Kier molecular flexibility index (Phi) is 6.20. The second-order valence-electron chi connectivity index (χ2n) is 9.51. The molecular formula is C21H38O2Si. The molecule has 0 heterocycles. The number of aliphatic hydroxyl groups excluding tert-OH is 1. The fourth-order valence-electron chi connectivity index (χ4n) is 4.34. The molecule has 2 nitrogen and oxygen atoms in total. The number of allylic oxidation sites excluding steroid dienone is 4. The third-order valence-electron chi connectivity index (χ3n) is 6.79. The maximum Gasteiger partial charge on any atom is 0.192 e. The number of hydrogen-bond acceptors (Lipinski definition) is 2. The molecule has 3 heteroatoms. The minimum absolute atomic E-state index is 0.223. The summed E-state index contributed by atoms with van der Waals surface area (Å²) in [5.74, 6) is 2.39. The Labute approximate surface area is 150 Å². The zero-order chi connectivity index (χ0) is 18.1. The van der Waals surface area contributed by atoms with E-state index in [0.29, 0.717) is 29.6 Å². The second-order valence-corrected chi connectivity index (χ2v) is 14.3. The molecule has 0 bridgehead atoms. The summed E-state index contributed by atoms with van der Waals surface area (Å²) in [4.78, 5) is 0. The molecule has 0 aromatic rings. The van der Waals surface area contributed by atoms with Gasteiger partial charge in [0.25, 0.3) is 0 Å². The van der Waals surface area contributed by atoms with Gasteiger partial charge in [0, 0.05) is 12.7 Å². The van der Waals surface area contributed by atoms with E-state index in [1.54, 1.807) is 0 Å². The number of fused-ring (bicyclic) bond motifs is 1. The van der Waals surface area contributed by atoms with E-state index in [1.807, 2.05) is 0 Å². The second kappa shape index (κ2) is 7.47. The monoisotopic (exact) mass is 350 g/mol. The number of aliphatic hydroxyl groups is 1. The van der Waals surface area contributed by atoms with E-state index in [2.05, 4.69) is 72.0 Å². The van der Waals surface area contributed by atoms with Crippen LogP contribution in [0.3, 0.4) is 0 Å². The van der Waals surface area contributed by atoms with Gasteiger partial charge in [-0.2, -0.15) is 0 Å². The van der Waals surface area contributed by atoms with Gasteiger partial charge >= 0.3 is 0 Å². The Morgan fingerprint density at radius 3 is 2.42 bits per heavy atom. The summed E-state index contributed by atoms with van der Waals surface area (Å²) in [5, 5.41) is 10.3. The molecule has 1 fully saturated rings. The van der Waals surface area contributed by atoms with Gasteiger partial charge in [-0.15, -0.1) is 0 Å². The largest absolute Gasteiger partial charge is 0.414 e. The van der Waals surface area contributed by atoms with Crippen molar-refractivity contribution >= 4 is 8.32 Å². The number of hydrogen-bond donors (Lipinski definition) is 1. The van der Waals surface area contributed by atoms with Gasteiger partial charge in [-0.25, -0.2) is 0 Å². The van der Waals surface area contributed by atoms with Crippen LogP contribution < -0.4 is 0 Å². The van der Waals surface area contributed by atoms with Crippen LogP contribution in [0.5, 0.6) is 0 Å². The van der Waals surface area contributed by atoms with Gasteiger partial charge in [-0.05, 0) is 67.5 Å². The molecule has 0 aromatic carbocycles. The molecule has 2 aliphatic rings. The molecule has 24 heavy (non-hydrogen) atoms. The first-order chi connectivity index (χ1) is 11.1. The van der Waals surface area contributed by atoms with Crippen LogP contribution in [-0.2, 0) is 4.43 Å². The van der Waals surface area contributed by atoms with Crippen molar-refractivity contribution in [2.45, 2.75) is 71.7 Å². The van der Waals surface area contributed by atoms with Crippen LogP contribution in [0.15, 0.2) is 24.3 Å². The van der Waals surface area contributed by atoms with Crippen molar-refractivity contribution in [2.75, 3.05) is 6.61 Å². The lowest BCUT2D eigenvalue weighted by Crippen LogP contribution is -2.52. The standard InChI is InChI=1S/C21H38O2Si/c1-8-9-16-12-17-11-10-15(2)18(14-22)20(17)19(13-16)23-24(6,7)21(3,4)5/h8-11,15-20,22H,12-14H2,1-7H3/b9-8-/t15-,16-,17-,18-,19-,20-/m0/s1. The van der Waals surface area contributed by atoms with Gasteiger partial charge in [0.15, 0.2) is 8.32 Å². The van der Waals surface area contributed by atoms with Crippen molar-refractivity contribution in [3.05, 3.63) is 24.3 Å². The van der Waals surface area contributed by atoms with E-state index in [0.717, 1.165) is 6.42 Å². The lowest BCUT2D eigenvalue weighted by Gasteiger charge is -2.51. The predicted molar refractivity (Wildman–Crippen MR) is 105 cm³/mol. The zero-order valence-corrected chi connectivity index (χ0v) is 17.8. The Morgan fingerprint density at radius 2 is 1.88 bits per heavy atom. The molecule has 0 aliphatic heterocycles. The van der Waals surface area contributed by atoms with Crippen LogP contribution in [0.2, 0.25) is 18.1 Å². The van der Waals surface area contributed by atoms with Crippen molar-refractivity contribution in [1.82, 2.24) is 0 Å². The van der Waals surface area contributed by atoms with Crippen LogP contribution in [0.4, 0.5) is 0 Å². The molecule has 0 saturated heterocycles. The molecule has 2 aliphatic carbocycles. The van der Waals surface area contributed by atoms with Crippen molar-refractivity contribution in [2.24, 2.45) is 29.6 Å². The maximum absolute atomic E-state index is 10.1. The molecule has 1 saturated carbocycles. The summed E-state index contributed by atoms with van der Waals surface area (Å²) in [7, 11) is -1.82. The van der Waals surface area contributed by atoms with E-state index >= 15 is 0 Å². The van der Waals surface area contributed by atoms with E-state index in [-0.39, 0.29) is 17.7 Å². The predicted octanol–water partition coefficient (Wildman–Crippen LogP) is 5.41. The highest BCUT2D eigenvalue weighted by Crippen LogP contribution is 2.48. The van der Waals surface area contributed by atoms with Gasteiger partial charge in [0.05, 0.1) is 0 Å². The average molecular weight is 351 g/mol. The van der Waals surface area contributed by atoms with Crippen LogP contribution in [0, 0.1) is 29.6 Å². The lowest BCUT2D eigenvalue weighted by molar-refractivity contribution is -0.0249. The molecule has 6 atom stereocenters. The molecule has 1 N–H and O–H groups in total. The minimum Gasteiger partial charge on any atom is -0.414 e. The molecule has 2 rings (SSSR count). The fraction of sp³-hybridized carbons (Fsp3) is 0.810. The molecule has 0 spiro atoms. The highest BCUT2D eigenvalue weighted by molar-refractivity contribution is 6.74. The van der Waals surface area contributed by atoms with Crippen LogP contribution in [0.25, 0.3) is 0 Å². The Bertz CT molecular complexity index is 475. The first kappa shape index (κ1) is 19.9. The van der Waals surface area contributed by atoms with Gasteiger partial charge in [-0.1, -0.05) is 52.0 Å². The molecule has 0 unspecified atom stereocenters. The van der Waals surface area contributed by atoms with E-state index in [4.69, 9.17) is 4.43 Å². The van der Waals surface area contributed by atoms with E-state index < -0.39 is 8.32 Å². The van der Waals surface area contributed by atoms with Gasteiger partial charge in [0.1, 0.15) is 0 Å². The third kappa shape index (κ3) is 4.05. The molecule has 0 aromatic heterocycles. The maximum atomic E-state index is 10.1. The first-order valence-electron chi connectivity index (χ1n) is 9.70. The van der Waals surface area contributed by atoms with Gasteiger partial charge in [0.2, 0.25) is 0 Å². The van der Waals surface area contributed by atoms with Crippen molar-refractivity contribution in [1.29, 1.82) is 0 Å². The third-order valence-corrected chi connectivity index (χ3v) is 11.3.